The molecule has 1 nitrogen and oxygen atoms in total. The summed E-state index contributed by atoms with van der Waals surface area (Å²) < 4.78 is 37.4. The number of halogens is 3. The van der Waals surface area contributed by atoms with Crippen molar-refractivity contribution in [2.24, 2.45) is 0 Å². The van der Waals surface area contributed by atoms with Crippen LogP contribution in [0.25, 0.3) is 0 Å². The molecule has 0 aliphatic carbocycles. The van der Waals surface area contributed by atoms with Gasteiger partial charge >= 0.3 is 6.18 Å². The second kappa shape index (κ2) is 4.78. The van der Waals surface area contributed by atoms with Crippen molar-refractivity contribution in [1.82, 2.24) is 5.32 Å². The summed E-state index contributed by atoms with van der Waals surface area (Å²) >= 11 is 1.83. The molecule has 1 heterocycles. The second-order valence-corrected chi connectivity index (χ2v) is 6.25. The third-order valence-electron chi connectivity index (χ3n) is 2.95. The van der Waals surface area contributed by atoms with Gasteiger partial charge in [0.05, 0.1) is 5.56 Å². The van der Waals surface area contributed by atoms with Crippen LogP contribution in [0, 0.1) is 0 Å². The van der Waals surface area contributed by atoms with Gasteiger partial charge in [-0.2, -0.15) is 24.9 Å². The van der Waals surface area contributed by atoms with Gasteiger partial charge in [0.15, 0.2) is 0 Å². The summed E-state index contributed by atoms with van der Waals surface area (Å²) in [5.41, 5.74) is 0.355. The highest BCUT2D eigenvalue weighted by Gasteiger charge is 2.31. The van der Waals surface area contributed by atoms with Gasteiger partial charge in [-0.25, -0.2) is 0 Å². The van der Waals surface area contributed by atoms with Gasteiger partial charge in [0, 0.05) is 23.1 Å². The minimum atomic E-state index is -4.26. The number of alkyl halides is 3. The lowest BCUT2D eigenvalue weighted by Crippen LogP contribution is -2.48. The summed E-state index contributed by atoms with van der Waals surface area (Å²) in [6.07, 6.45) is -4.26. The largest absolute Gasteiger partial charge is 0.416 e. The molecule has 0 aromatic heterocycles. The van der Waals surface area contributed by atoms with Gasteiger partial charge in [-0.15, -0.1) is 0 Å². The van der Waals surface area contributed by atoms with Crippen LogP contribution in [0.15, 0.2) is 24.3 Å². The van der Waals surface area contributed by atoms with Crippen LogP contribution in [-0.2, 0) is 6.18 Å². The Morgan fingerprint density at radius 3 is 2.33 bits per heavy atom. The van der Waals surface area contributed by atoms with Crippen LogP contribution < -0.4 is 5.32 Å². The highest BCUT2D eigenvalue weighted by atomic mass is 32.2. The van der Waals surface area contributed by atoms with Crippen molar-refractivity contribution in [2.45, 2.75) is 31.6 Å². The smallest absolute Gasteiger partial charge is 0.303 e. The molecule has 1 aliphatic rings. The molecule has 100 valence electrons. The van der Waals surface area contributed by atoms with E-state index in [1.54, 1.807) is 12.1 Å². The van der Waals surface area contributed by atoms with Crippen LogP contribution >= 0.6 is 11.8 Å². The SMILES string of the molecule is CC1(C)CSCC(c2ccc(C(F)(F)F)cc2)N1. The number of hydrogen-bond acceptors (Lipinski definition) is 2. The molecule has 0 radical (unpaired) electrons. The maximum Gasteiger partial charge on any atom is 0.416 e. The van der Waals surface area contributed by atoms with Crippen molar-refractivity contribution in [3.05, 3.63) is 35.4 Å². The van der Waals surface area contributed by atoms with Gasteiger partial charge in [0.25, 0.3) is 0 Å². The lowest BCUT2D eigenvalue weighted by Gasteiger charge is -2.37. The lowest BCUT2D eigenvalue weighted by molar-refractivity contribution is -0.137. The number of rotatable bonds is 1. The summed E-state index contributed by atoms with van der Waals surface area (Å²) in [5.74, 6) is 1.92. The Balaban J connectivity index is 2.15. The van der Waals surface area contributed by atoms with Crippen molar-refractivity contribution in [2.75, 3.05) is 11.5 Å². The van der Waals surface area contributed by atoms with E-state index in [-0.39, 0.29) is 11.6 Å². The summed E-state index contributed by atoms with van der Waals surface area (Å²) in [6, 6.07) is 5.58. The third-order valence-corrected chi connectivity index (χ3v) is 4.45. The van der Waals surface area contributed by atoms with Crippen molar-refractivity contribution >= 4 is 11.8 Å². The average molecular weight is 275 g/mol. The third kappa shape index (κ3) is 3.20. The molecule has 0 bridgehead atoms. The predicted molar refractivity (Wildman–Crippen MR) is 68.7 cm³/mol. The number of hydrogen-bond donors (Lipinski definition) is 1. The zero-order valence-corrected chi connectivity index (χ0v) is 11.2. The van der Waals surface area contributed by atoms with E-state index in [2.05, 4.69) is 19.2 Å². The zero-order chi connectivity index (χ0) is 13.4. The number of nitrogens with one attached hydrogen (secondary N) is 1. The molecule has 0 saturated carbocycles. The molecule has 1 aromatic rings. The first kappa shape index (κ1) is 13.7. The Bertz CT molecular complexity index is 411. The Labute approximate surface area is 109 Å². The topological polar surface area (TPSA) is 12.0 Å². The van der Waals surface area contributed by atoms with Gasteiger partial charge in [0.2, 0.25) is 0 Å². The molecule has 1 aromatic carbocycles. The maximum absolute atomic E-state index is 12.5. The highest BCUT2D eigenvalue weighted by Crippen LogP contribution is 2.32. The summed E-state index contributed by atoms with van der Waals surface area (Å²) in [4.78, 5) is 0. The van der Waals surface area contributed by atoms with E-state index >= 15 is 0 Å². The molecular formula is C13H16F3NS. The number of benzene rings is 1. The van der Waals surface area contributed by atoms with Crippen molar-refractivity contribution < 1.29 is 13.2 Å². The molecule has 1 aliphatic heterocycles. The van der Waals surface area contributed by atoms with Gasteiger partial charge in [0.1, 0.15) is 0 Å². The second-order valence-electron chi connectivity index (χ2n) is 5.22. The van der Waals surface area contributed by atoms with Crippen LogP contribution in [0.4, 0.5) is 13.2 Å². The van der Waals surface area contributed by atoms with Crippen LogP contribution in [0.2, 0.25) is 0 Å². The van der Waals surface area contributed by atoms with Gasteiger partial charge in [-0.05, 0) is 31.5 Å². The van der Waals surface area contributed by atoms with E-state index < -0.39 is 11.7 Å². The van der Waals surface area contributed by atoms with Crippen molar-refractivity contribution in [1.29, 1.82) is 0 Å². The molecule has 2 rings (SSSR count). The first-order valence-electron chi connectivity index (χ1n) is 5.80. The molecule has 18 heavy (non-hydrogen) atoms. The summed E-state index contributed by atoms with van der Waals surface area (Å²) in [5, 5.41) is 3.47. The van der Waals surface area contributed by atoms with Crippen LogP contribution in [0.1, 0.15) is 31.0 Å². The highest BCUT2D eigenvalue weighted by molar-refractivity contribution is 7.99. The van der Waals surface area contributed by atoms with E-state index in [1.807, 2.05) is 11.8 Å². The van der Waals surface area contributed by atoms with Crippen LogP contribution in [0.5, 0.6) is 0 Å². The van der Waals surface area contributed by atoms with E-state index in [0.717, 1.165) is 29.2 Å². The van der Waals surface area contributed by atoms with E-state index in [1.165, 1.54) is 0 Å². The fraction of sp³-hybridized carbons (Fsp3) is 0.538. The standard InChI is InChI=1S/C13H16F3NS/c1-12(2)8-18-7-11(17-12)9-3-5-10(6-4-9)13(14,15)16/h3-6,11,17H,7-8H2,1-2H3. The fourth-order valence-corrected chi connectivity index (χ4v) is 3.29. The molecule has 0 amide bonds. The number of thioether (sulfide) groups is 1. The first-order valence-corrected chi connectivity index (χ1v) is 6.96. The minimum absolute atomic E-state index is 0.0241. The molecule has 1 fully saturated rings. The zero-order valence-electron chi connectivity index (χ0n) is 10.3. The normalized spacial score (nSPS) is 23.9. The molecule has 5 heteroatoms. The van der Waals surface area contributed by atoms with Gasteiger partial charge in [-0.3, -0.25) is 0 Å². The van der Waals surface area contributed by atoms with Crippen LogP contribution in [0.3, 0.4) is 0 Å². The Kier molecular flexibility index (Phi) is 3.65. The molecule has 0 spiro atoms. The Hall–Kier alpha value is -0.680. The van der Waals surface area contributed by atoms with E-state index in [9.17, 15) is 13.2 Å². The van der Waals surface area contributed by atoms with E-state index in [4.69, 9.17) is 0 Å². The predicted octanol–water partition coefficient (Wildman–Crippen LogP) is 3.86. The quantitative estimate of drug-likeness (QED) is 0.835. The molecule has 1 atom stereocenters. The molecular weight excluding hydrogens is 259 g/mol. The summed E-state index contributed by atoms with van der Waals surface area (Å²) in [7, 11) is 0. The van der Waals surface area contributed by atoms with Gasteiger partial charge in [-0.1, -0.05) is 12.1 Å². The molecule has 1 saturated heterocycles. The summed E-state index contributed by atoms with van der Waals surface area (Å²) in [6.45, 7) is 4.21. The van der Waals surface area contributed by atoms with Crippen molar-refractivity contribution in [3.63, 3.8) is 0 Å². The molecule has 1 N–H and O–H groups in total. The minimum Gasteiger partial charge on any atom is -0.303 e. The van der Waals surface area contributed by atoms with Gasteiger partial charge < -0.3 is 5.32 Å². The molecule has 1 unspecified atom stereocenters. The van der Waals surface area contributed by atoms with Crippen LogP contribution in [-0.4, -0.2) is 17.0 Å². The van der Waals surface area contributed by atoms with Crippen molar-refractivity contribution in [3.8, 4) is 0 Å². The first-order chi connectivity index (χ1) is 8.28. The maximum atomic E-state index is 12.5. The fourth-order valence-electron chi connectivity index (χ4n) is 2.07. The monoisotopic (exact) mass is 275 g/mol. The average Bonchev–Trinajstić information content (AvgIpc) is 2.27. The Morgan fingerprint density at radius 2 is 1.83 bits per heavy atom. The van der Waals surface area contributed by atoms with E-state index in [0.29, 0.717) is 0 Å². The Morgan fingerprint density at radius 1 is 1.22 bits per heavy atom. The lowest BCUT2D eigenvalue weighted by atomic mass is 10.0.